The molecule has 0 aromatic heterocycles. The summed E-state index contributed by atoms with van der Waals surface area (Å²) >= 11 is 0. The van der Waals surface area contributed by atoms with E-state index in [1.165, 1.54) is 19.1 Å². The van der Waals surface area contributed by atoms with Crippen LogP contribution in [0.25, 0.3) is 0 Å². The van der Waals surface area contributed by atoms with Gasteiger partial charge in [-0.05, 0) is 41.8 Å². The van der Waals surface area contributed by atoms with E-state index in [1.807, 2.05) is 43.3 Å². The average Bonchev–Trinajstić information content (AvgIpc) is 2.77. The molecule has 0 bridgehead atoms. The number of rotatable bonds is 7. The maximum Gasteiger partial charge on any atom is 0.416 e. The first-order valence-electron chi connectivity index (χ1n) is 10.5. The quantitative estimate of drug-likeness (QED) is 0.476. The van der Waals surface area contributed by atoms with Crippen molar-refractivity contribution in [1.29, 1.82) is 0 Å². The number of alkyl halides is 3. The second kappa shape index (κ2) is 10.3. The van der Waals surface area contributed by atoms with Gasteiger partial charge in [0.25, 0.3) is 0 Å². The zero-order chi connectivity index (χ0) is 24.0. The van der Waals surface area contributed by atoms with Crippen LogP contribution in [-0.4, -0.2) is 16.7 Å². The van der Waals surface area contributed by atoms with Crippen LogP contribution in [0.1, 0.15) is 42.1 Å². The Bertz CT molecular complexity index is 1110. The van der Waals surface area contributed by atoms with Gasteiger partial charge >= 0.3 is 6.18 Å². The summed E-state index contributed by atoms with van der Waals surface area (Å²) in [6, 6.07) is 21.0. The minimum Gasteiger partial charge on any atom is -0.331 e. The van der Waals surface area contributed by atoms with Gasteiger partial charge in [-0.2, -0.15) is 13.2 Å². The number of carbonyl (C=O) groups is 2. The smallest absolute Gasteiger partial charge is 0.331 e. The number of anilines is 1. The van der Waals surface area contributed by atoms with Crippen LogP contribution in [0.2, 0.25) is 0 Å². The van der Waals surface area contributed by atoms with Gasteiger partial charge < -0.3 is 10.2 Å². The van der Waals surface area contributed by atoms with Gasteiger partial charge in [0.15, 0.2) is 0 Å². The van der Waals surface area contributed by atoms with E-state index in [-0.39, 0.29) is 24.3 Å². The maximum absolute atomic E-state index is 13.3. The Labute approximate surface area is 191 Å². The van der Waals surface area contributed by atoms with E-state index in [4.69, 9.17) is 0 Å². The summed E-state index contributed by atoms with van der Waals surface area (Å²) in [6.07, 6.45) is -4.63. The van der Waals surface area contributed by atoms with Crippen molar-refractivity contribution in [2.45, 2.75) is 39.0 Å². The normalized spacial score (nSPS) is 12.2. The van der Waals surface area contributed by atoms with Gasteiger partial charge in [-0.1, -0.05) is 60.7 Å². The largest absolute Gasteiger partial charge is 0.416 e. The molecule has 1 N–H and O–H groups in total. The highest BCUT2D eigenvalue weighted by molar-refractivity contribution is 5.88. The van der Waals surface area contributed by atoms with Gasteiger partial charge in [0.1, 0.15) is 0 Å². The van der Waals surface area contributed by atoms with Crippen molar-refractivity contribution in [3.8, 4) is 0 Å². The third-order valence-electron chi connectivity index (χ3n) is 5.28. The molecule has 0 saturated carbocycles. The van der Waals surface area contributed by atoms with Crippen LogP contribution in [-0.2, 0) is 28.7 Å². The van der Waals surface area contributed by atoms with Crippen molar-refractivity contribution in [2.75, 3.05) is 5.32 Å². The van der Waals surface area contributed by atoms with E-state index < -0.39 is 11.7 Å². The van der Waals surface area contributed by atoms with Gasteiger partial charge in [-0.15, -0.1) is 0 Å². The molecule has 0 aliphatic heterocycles. The van der Waals surface area contributed by atoms with E-state index in [9.17, 15) is 22.8 Å². The standard InChI is InChI=1S/C26H25F3N2O2/c1-18(22-11-7-13-24(16-22)30-19(2)32)31(17-20-8-4-3-5-9-20)25(33)15-21-10-6-12-23(14-21)26(27,28)29/h3-14,16,18H,15,17H2,1-2H3,(H,30,32). The molecule has 3 rings (SSSR count). The number of halogens is 3. The van der Waals surface area contributed by atoms with Crippen molar-refractivity contribution in [3.05, 3.63) is 101 Å². The summed E-state index contributed by atoms with van der Waals surface area (Å²) in [5.74, 6) is -0.503. The van der Waals surface area contributed by atoms with Crippen LogP contribution >= 0.6 is 0 Å². The molecule has 7 heteroatoms. The summed E-state index contributed by atoms with van der Waals surface area (Å²) in [7, 11) is 0. The molecular weight excluding hydrogens is 429 g/mol. The monoisotopic (exact) mass is 454 g/mol. The highest BCUT2D eigenvalue weighted by atomic mass is 19.4. The maximum atomic E-state index is 13.3. The lowest BCUT2D eigenvalue weighted by Crippen LogP contribution is -2.34. The molecule has 33 heavy (non-hydrogen) atoms. The number of hydrogen-bond donors (Lipinski definition) is 1. The molecule has 0 aliphatic carbocycles. The third kappa shape index (κ3) is 6.68. The lowest BCUT2D eigenvalue weighted by Gasteiger charge is -2.30. The first-order valence-corrected chi connectivity index (χ1v) is 10.5. The fourth-order valence-corrected chi connectivity index (χ4v) is 3.61. The number of carbonyl (C=O) groups excluding carboxylic acids is 2. The molecule has 0 saturated heterocycles. The lowest BCUT2D eigenvalue weighted by molar-refractivity contribution is -0.138. The predicted molar refractivity (Wildman–Crippen MR) is 121 cm³/mol. The molecule has 0 heterocycles. The molecular formula is C26H25F3N2O2. The topological polar surface area (TPSA) is 49.4 Å². The average molecular weight is 454 g/mol. The van der Waals surface area contributed by atoms with Crippen molar-refractivity contribution >= 4 is 17.5 Å². The molecule has 0 aliphatic rings. The number of amides is 2. The molecule has 1 atom stereocenters. The van der Waals surface area contributed by atoms with Crippen LogP contribution in [0.5, 0.6) is 0 Å². The van der Waals surface area contributed by atoms with Crippen LogP contribution in [0, 0.1) is 0 Å². The van der Waals surface area contributed by atoms with Crippen LogP contribution in [0.4, 0.5) is 18.9 Å². The lowest BCUT2D eigenvalue weighted by atomic mass is 10.0. The Kier molecular flexibility index (Phi) is 7.53. The molecule has 0 fully saturated rings. The molecule has 1 unspecified atom stereocenters. The first kappa shape index (κ1) is 24.0. The number of nitrogens with one attached hydrogen (secondary N) is 1. The van der Waals surface area contributed by atoms with E-state index in [2.05, 4.69) is 5.32 Å². The minimum atomic E-state index is -4.47. The number of hydrogen-bond acceptors (Lipinski definition) is 2. The number of benzene rings is 3. The Morgan fingerprint density at radius 2 is 1.58 bits per heavy atom. The van der Waals surface area contributed by atoms with E-state index >= 15 is 0 Å². The summed E-state index contributed by atoms with van der Waals surface area (Å²) in [4.78, 5) is 26.4. The fourth-order valence-electron chi connectivity index (χ4n) is 3.61. The van der Waals surface area contributed by atoms with E-state index in [0.29, 0.717) is 17.8 Å². The third-order valence-corrected chi connectivity index (χ3v) is 5.28. The Hall–Kier alpha value is -3.61. The second-order valence-electron chi connectivity index (χ2n) is 7.86. The highest BCUT2D eigenvalue weighted by Gasteiger charge is 2.31. The molecule has 2 amide bonds. The van der Waals surface area contributed by atoms with Crippen LogP contribution in [0.15, 0.2) is 78.9 Å². The SMILES string of the molecule is CC(=O)Nc1cccc(C(C)N(Cc2ccccc2)C(=O)Cc2cccc(C(F)(F)F)c2)c1. The molecule has 0 radical (unpaired) electrons. The second-order valence-corrected chi connectivity index (χ2v) is 7.86. The predicted octanol–water partition coefficient (Wildman–Crippen LogP) is 6.00. The summed E-state index contributed by atoms with van der Waals surface area (Å²) in [6.45, 7) is 3.57. The van der Waals surface area contributed by atoms with Crippen LogP contribution in [0.3, 0.4) is 0 Å². The van der Waals surface area contributed by atoms with E-state index in [0.717, 1.165) is 23.3 Å². The van der Waals surface area contributed by atoms with Crippen LogP contribution < -0.4 is 5.32 Å². The number of nitrogens with zero attached hydrogens (tertiary/aromatic N) is 1. The van der Waals surface area contributed by atoms with E-state index in [1.54, 1.807) is 23.1 Å². The Morgan fingerprint density at radius 1 is 0.909 bits per heavy atom. The Morgan fingerprint density at radius 3 is 2.24 bits per heavy atom. The molecule has 4 nitrogen and oxygen atoms in total. The zero-order valence-electron chi connectivity index (χ0n) is 18.4. The summed E-state index contributed by atoms with van der Waals surface area (Å²) < 4.78 is 39.3. The molecule has 0 spiro atoms. The molecule has 3 aromatic carbocycles. The van der Waals surface area contributed by atoms with Crippen molar-refractivity contribution in [2.24, 2.45) is 0 Å². The highest BCUT2D eigenvalue weighted by Crippen LogP contribution is 2.30. The van der Waals surface area contributed by atoms with Gasteiger partial charge in [0.05, 0.1) is 18.0 Å². The minimum absolute atomic E-state index is 0.160. The van der Waals surface area contributed by atoms with Gasteiger partial charge in [0.2, 0.25) is 11.8 Å². The van der Waals surface area contributed by atoms with Crippen molar-refractivity contribution in [1.82, 2.24) is 4.90 Å². The fraction of sp³-hybridized carbons (Fsp3) is 0.231. The van der Waals surface area contributed by atoms with Gasteiger partial charge in [0, 0.05) is 19.2 Å². The summed E-state index contributed by atoms with van der Waals surface area (Å²) in [5.41, 5.74) is 1.83. The molecule has 172 valence electrons. The van der Waals surface area contributed by atoms with Crippen molar-refractivity contribution < 1.29 is 22.8 Å². The zero-order valence-corrected chi connectivity index (χ0v) is 18.4. The van der Waals surface area contributed by atoms with Gasteiger partial charge in [-0.3, -0.25) is 9.59 Å². The van der Waals surface area contributed by atoms with Gasteiger partial charge in [-0.25, -0.2) is 0 Å². The van der Waals surface area contributed by atoms with Crippen molar-refractivity contribution in [3.63, 3.8) is 0 Å². The molecule has 3 aromatic rings. The Balaban J connectivity index is 1.89. The first-order chi connectivity index (χ1) is 15.6. The summed E-state index contributed by atoms with van der Waals surface area (Å²) in [5, 5.41) is 2.73.